The predicted molar refractivity (Wildman–Crippen MR) is 127 cm³/mol. The Kier molecular flexibility index (Phi) is 7.06. The van der Waals surface area contributed by atoms with E-state index in [1.807, 2.05) is 23.6 Å². The van der Waals surface area contributed by atoms with E-state index in [-0.39, 0.29) is 17.3 Å². The highest BCUT2D eigenvalue weighted by molar-refractivity contribution is 7.89. The Labute approximate surface area is 201 Å². The first kappa shape index (κ1) is 24.4. The predicted octanol–water partition coefficient (Wildman–Crippen LogP) is 3.41. The van der Waals surface area contributed by atoms with E-state index in [1.54, 1.807) is 14.2 Å². The van der Waals surface area contributed by atoms with Crippen LogP contribution in [0.15, 0.2) is 46.3 Å². The monoisotopic (exact) mass is 507 g/mol. The largest absolute Gasteiger partial charge is 0.495 e. The summed E-state index contributed by atoms with van der Waals surface area (Å²) in [4.78, 5) is 18.1. The summed E-state index contributed by atoms with van der Waals surface area (Å²) in [7, 11) is -0.669. The molecule has 1 aliphatic heterocycles. The number of sulfonamides is 1. The SMILES string of the molecule is CCn1c(=NC(=O)C2CCCN(S(=O)(=O)c3ccc(F)cc3)C2)sc2c(OC)ccc(OC)c21. The normalized spacial score (nSPS) is 17.8. The number of amides is 1. The molecule has 1 saturated heterocycles. The molecule has 2 heterocycles. The minimum absolute atomic E-state index is 0.00598. The van der Waals surface area contributed by atoms with Crippen LogP contribution < -0.4 is 14.3 Å². The Bertz CT molecular complexity index is 1380. The van der Waals surface area contributed by atoms with Gasteiger partial charge in [-0.3, -0.25) is 4.79 Å². The zero-order valence-corrected chi connectivity index (χ0v) is 20.8. The lowest BCUT2D eigenvalue weighted by molar-refractivity contribution is -0.122. The van der Waals surface area contributed by atoms with Gasteiger partial charge in [0.2, 0.25) is 10.0 Å². The van der Waals surface area contributed by atoms with Gasteiger partial charge in [0.05, 0.1) is 25.0 Å². The van der Waals surface area contributed by atoms with Crippen LogP contribution in [0.25, 0.3) is 10.2 Å². The highest BCUT2D eigenvalue weighted by Crippen LogP contribution is 2.35. The number of methoxy groups -OCH3 is 2. The molecule has 1 unspecified atom stereocenters. The molecule has 34 heavy (non-hydrogen) atoms. The van der Waals surface area contributed by atoms with E-state index in [9.17, 15) is 17.6 Å². The first-order valence-electron chi connectivity index (χ1n) is 10.9. The highest BCUT2D eigenvalue weighted by Gasteiger charge is 2.33. The molecule has 0 bridgehead atoms. The van der Waals surface area contributed by atoms with Crippen LogP contribution >= 0.6 is 11.3 Å². The third kappa shape index (κ3) is 4.47. The lowest BCUT2D eigenvalue weighted by Crippen LogP contribution is -2.42. The Morgan fingerprint density at radius 1 is 1.15 bits per heavy atom. The molecule has 0 spiro atoms. The molecule has 3 aromatic rings. The quantitative estimate of drug-likeness (QED) is 0.510. The van der Waals surface area contributed by atoms with Gasteiger partial charge >= 0.3 is 0 Å². The summed E-state index contributed by atoms with van der Waals surface area (Å²) in [6.45, 7) is 2.85. The van der Waals surface area contributed by atoms with Crippen LogP contribution in [0.4, 0.5) is 4.39 Å². The standard InChI is InChI=1S/C23H26FN3O5S2/c1-4-27-20-18(31-2)11-12-19(32-3)21(20)33-23(27)25-22(28)15-6-5-13-26(14-15)34(29,30)17-9-7-16(24)8-10-17/h7-12,15H,4-6,13-14H2,1-3H3. The van der Waals surface area contributed by atoms with Crippen molar-refractivity contribution in [3.63, 3.8) is 0 Å². The molecule has 1 atom stereocenters. The molecule has 0 N–H and O–H groups in total. The molecule has 0 saturated carbocycles. The van der Waals surface area contributed by atoms with Crippen molar-refractivity contribution in [2.75, 3.05) is 27.3 Å². The molecule has 11 heteroatoms. The Hall–Kier alpha value is -2.76. The topological polar surface area (TPSA) is 90.2 Å². The second-order valence-electron chi connectivity index (χ2n) is 7.88. The average Bonchev–Trinajstić information content (AvgIpc) is 3.21. The van der Waals surface area contributed by atoms with Crippen molar-refractivity contribution in [3.05, 3.63) is 47.0 Å². The number of aryl methyl sites for hydroxylation is 1. The fourth-order valence-corrected chi connectivity index (χ4v) is 6.87. The van der Waals surface area contributed by atoms with Gasteiger partial charge < -0.3 is 14.0 Å². The van der Waals surface area contributed by atoms with Crippen molar-refractivity contribution in [2.24, 2.45) is 10.9 Å². The smallest absolute Gasteiger partial charge is 0.252 e. The van der Waals surface area contributed by atoms with E-state index < -0.39 is 21.8 Å². The van der Waals surface area contributed by atoms with E-state index >= 15 is 0 Å². The van der Waals surface area contributed by atoms with E-state index in [1.165, 1.54) is 27.8 Å². The summed E-state index contributed by atoms with van der Waals surface area (Å²) >= 11 is 1.33. The summed E-state index contributed by atoms with van der Waals surface area (Å²) in [5.41, 5.74) is 0.796. The van der Waals surface area contributed by atoms with Crippen LogP contribution in [0.1, 0.15) is 19.8 Å². The van der Waals surface area contributed by atoms with Crippen LogP contribution in [-0.4, -0.2) is 50.5 Å². The van der Waals surface area contributed by atoms with Crippen molar-refractivity contribution in [1.82, 2.24) is 8.87 Å². The first-order chi connectivity index (χ1) is 16.3. The number of thiazole rings is 1. The molecule has 1 aromatic heterocycles. The Morgan fingerprint density at radius 2 is 1.82 bits per heavy atom. The number of benzene rings is 2. The van der Waals surface area contributed by atoms with Crippen molar-refractivity contribution >= 4 is 37.5 Å². The number of ether oxygens (including phenoxy) is 2. The molecule has 8 nitrogen and oxygen atoms in total. The summed E-state index contributed by atoms with van der Waals surface area (Å²) in [6, 6.07) is 8.32. The second kappa shape index (κ2) is 9.85. The van der Waals surface area contributed by atoms with Crippen LogP contribution in [0.5, 0.6) is 11.5 Å². The average molecular weight is 508 g/mol. The third-order valence-corrected chi connectivity index (χ3v) is 8.87. The molecule has 182 valence electrons. The zero-order valence-electron chi connectivity index (χ0n) is 19.2. The molecular formula is C23H26FN3O5S2. The van der Waals surface area contributed by atoms with Gasteiger partial charge in [-0.15, -0.1) is 0 Å². The van der Waals surface area contributed by atoms with Gasteiger partial charge in [-0.1, -0.05) is 11.3 Å². The van der Waals surface area contributed by atoms with Crippen molar-refractivity contribution in [2.45, 2.75) is 31.2 Å². The van der Waals surface area contributed by atoms with Gasteiger partial charge in [0, 0.05) is 19.6 Å². The van der Waals surface area contributed by atoms with Gasteiger partial charge in [-0.05, 0) is 56.2 Å². The van der Waals surface area contributed by atoms with E-state index in [0.717, 1.165) is 22.3 Å². The van der Waals surface area contributed by atoms with Gasteiger partial charge in [0.25, 0.3) is 5.91 Å². The van der Waals surface area contributed by atoms with E-state index in [2.05, 4.69) is 4.99 Å². The van der Waals surface area contributed by atoms with Crippen molar-refractivity contribution in [3.8, 4) is 11.5 Å². The summed E-state index contributed by atoms with van der Waals surface area (Å²) in [5, 5.41) is 0. The number of hydrogen-bond donors (Lipinski definition) is 0. The summed E-state index contributed by atoms with van der Waals surface area (Å²) in [6.07, 6.45) is 1.08. The molecule has 1 aliphatic rings. The van der Waals surface area contributed by atoms with Gasteiger partial charge in [0.15, 0.2) is 4.80 Å². The number of rotatable bonds is 6. The molecule has 0 aliphatic carbocycles. The van der Waals surface area contributed by atoms with E-state index in [0.29, 0.717) is 42.2 Å². The van der Waals surface area contributed by atoms with Crippen LogP contribution in [0.3, 0.4) is 0 Å². The summed E-state index contributed by atoms with van der Waals surface area (Å²) in [5.74, 6) is -0.137. The number of nitrogens with zero attached hydrogens (tertiary/aromatic N) is 3. The number of aromatic nitrogens is 1. The fraction of sp³-hybridized carbons (Fsp3) is 0.391. The number of carbonyl (C=O) groups is 1. The molecule has 1 amide bonds. The van der Waals surface area contributed by atoms with Gasteiger partial charge in [-0.2, -0.15) is 9.30 Å². The van der Waals surface area contributed by atoms with Crippen LogP contribution in [0.2, 0.25) is 0 Å². The number of piperidine rings is 1. The Balaban J connectivity index is 1.67. The first-order valence-corrected chi connectivity index (χ1v) is 13.1. The number of fused-ring (bicyclic) bond motifs is 1. The second-order valence-corrected chi connectivity index (χ2v) is 10.8. The molecule has 1 fully saturated rings. The van der Waals surface area contributed by atoms with Crippen LogP contribution in [-0.2, 0) is 21.4 Å². The maximum atomic E-state index is 13.2. The lowest BCUT2D eigenvalue weighted by Gasteiger charge is -2.30. The molecule has 2 aromatic carbocycles. The van der Waals surface area contributed by atoms with Gasteiger partial charge in [-0.25, -0.2) is 12.8 Å². The maximum Gasteiger partial charge on any atom is 0.252 e. The molecule has 4 rings (SSSR count). The maximum absolute atomic E-state index is 13.2. The third-order valence-electron chi connectivity index (χ3n) is 5.90. The highest BCUT2D eigenvalue weighted by atomic mass is 32.2. The van der Waals surface area contributed by atoms with Crippen molar-refractivity contribution < 1.29 is 27.1 Å². The number of halogens is 1. The fourth-order valence-electron chi connectivity index (χ4n) is 4.14. The molecule has 0 radical (unpaired) electrons. The Morgan fingerprint density at radius 3 is 2.47 bits per heavy atom. The summed E-state index contributed by atoms with van der Waals surface area (Å²) < 4.78 is 54.3. The zero-order chi connectivity index (χ0) is 24.5. The number of hydrogen-bond acceptors (Lipinski definition) is 6. The van der Waals surface area contributed by atoms with E-state index in [4.69, 9.17) is 9.47 Å². The molecular weight excluding hydrogens is 481 g/mol. The minimum atomic E-state index is -3.83. The van der Waals surface area contributed by atoms with Crippen molar-refractivity contribution in [1.29, 1.82) is 0 Å². The lowest BCUT2D eigenvalue weighted by atomic mass is 9.99. The minimum Gasteiger partial charge on any atom is -0.495 e. The van der Waals surface area contributed by atoms with Gasteiger partial charge in [0.1, 0.15) is 27.5 Å². The van der Waals surface area contributed by atoms with Crippen LogP contribution in [0, 0.1) is 11.7 Å². The number of carbonyl (C=O) groups excluding carboxylic acids is 1.